The average molecular weight is 235 g/mol. The third-order valence-corrected chi connectivity index (χ3v) is 2.22. The van der Waals surface area contributed by atoms with Gasteiger partial charge >= 0.3 is 6.09 Å². The summed E-state index contributed by atoms with van der Waals surface area (Å²) in [7, 11) is 1.55. The van der Waals surface area contributed by atoms with Crippen LogP contribution < -0.4 is 10.1 Å². The van der Waals surface area contributed by atoms with Crippen LogP contribution in [-0.4, -0.2) is 13.2 Å². The Labute approximate surface area is 101 Å². The first kappa shape index (κ1) is 13.1. The molecule has 0 saturated heterocycles. The molecule has 1 N–H and O–H groups in total. The van der Waals surface area contributed by atoms with Crippen LogP contribution in [-0.2, 0) is 4.74 Å². The maximum atomic E-state index is 11.5. The van der Waals surface area contributed by atoms with E-state index >= 15 is 0 Å². The summed E-state index contributed by atoms with van der Waals surface area (Å²) < 4.78 is 10.1. The number of ether oxygens (including phenoxy) is 2. The van der Waals surface area contributed by atoms with Gasteiger partial charge in [-0.3, -0.25) is 5.32 Å². The Morgan fingerprint density at radius 1 is 1.47 bits per heavy atom. The molecule has 0 unspecified atom stereocenters. The second kappa shape index (κ2) is 5.94. The molecule has 0 aromatic heterocycles. The Hall–Kier alpha value is -1.97. The van der Waals surface area contributed by atoms with E-state index in [-0.39, 0.29) is 0 Å². The van der Waals surface area contributed by atoms with Gasteiger partial charge in [0.05, 0.1) is 12.8 Å². The van der Waals surface area contributed by atoms with Gasteiger partial charge in [-0.15, -0.1) is 0 Å². The van der Waals surface area contributed by atoms with Gasteiger partial charge in [-0.25, -0.2) is 4.79 Å². The minimum atomic E-state index is -0.555. The lowest BCUT2D eigenvalue weighted by molar-refractivity contribution is 0.189. The number of benzene rings is 1. The van der Waals surface area contributed by atoms with Gasteiger partial charge in [0.25, 0.3) is 0 Å². The molecular formula is C13H17NO3. The van der Waals surface area contributed by atoms with Crippen molar-refractivity contribution < 1.29 is 14.3 Å². The van der Waals surface area contributed by atoms with Crippen LogP contribution in [0.1, 0.15) is 18.9 Å². The van der Waals surface area contributed by atoms with Crippen molar-refractivity contribution >= 4 is 11.8 Å². The Morgan fingerprint density at radius 3 is 2.76 bits per heavy atom. The van der Waals surface area contributed by atoms with E-state index in [2.05, 4.69) is 11.9 Å². The number of aryl methyl sites for hydroxylation is 1. The van der Waals surface area contributed by atoms with Crippen LogP contribution in [0.2, 0.25) is 0 Å². The second-order valence-electron chi connectivity index (χ2n) is 3.61. The smallest absolute Gasteiger partial charge is 0.416 e. The molecule has 0 radical (unpaired) electrons. The first-order chi connectivity index (χ1) is 8.06. The molecule has 1 aromatic carbocycles. The summed E-state index contributed by atoms with van der Waals surface area (Å²) >= 11 is 0. The highest BCUT2D eigenvalue weighted by Crippen LogP contribution is 2.25. The van der Waals surface area contributed by atoms with Crippen molar-refractivity contribution in [2.24, 2.45) is 0 Å². The van der Waals surface area contributed by atoms with Gasteiger partial charge in [-0.1, -0.05) is 19.6 Å². The molecule has 0 spiro atoms. The highest BCUT2D eigenvalue weighted by atomic mass is 16.6. The molecule has 1 rings (SSSR count). The van der Waals surface area contributed by atoms with Crippen LogP contribution in [0, 0.1) is 6.92 Å². The van der Waals surface area contributed by atoms with Gasteiger partial charge < -0.3 is 9.47 Å². The molecule has 4 heteroatoms. The Balaban J connectivity index is 2.76. The van der Waals surface area contributed by atoms with Crippen molar-refractivity contribution in [2.45, 2.75) is 20.3 Å². The first-order valence-corrected chi connectivity index (χ1v) is 5.38. The van der Waals surface area contributed by atoms with Gasteiger partial charge in [-0.2, -0.15) is 0 Å². The third kappa shape index (κ3) is 3.83. The van der Waals surface area contributed by atoms with E-state index < -0.39 is 6.09 Å². The lowest BCUT2D eigenvalue weighted by atomic mass is 10.2. The molecule has 4 nitrogen and oxygen atoms in total. The molecule has 0 aliphatic rings. The minimum absolute atomic E-state index is 0.425. The number of carbonyl (C=O) groups is 1. The van der Waals surface area contributed by atoms with Gasteiger partial charge in [0.1, 0.15) is 11.5 Å². The molecule has 1 aromatic rings. The van der Waals surface area contributed by atoms with Gasteiger partial charge in [0.15, 0.2) is 0 Å². The zero-order valence-electron chi connectivity index (χ0n) is 10.4. The first-order valence-electron chi connectivity index (χ1n) is 5.38. The van der Waals surface area contributed by atoms with Gasteiger partial charge in [-0.05, 0) is 24.6 Å². The number of carbonyl (C=O) groups excluding carboxylic acids is 1. The Bertz CT molecular complexity index is 427. The normalized spacial score (nSPS) is 9.59. The molecule has 0 heterocycles. The number of amides is 1. The summed E-state index contributed by atoms with van der Waals surface area (Å²) in [5, 5.41) is 2.62. The molecule has 92 valence electrons. The maximum Gasteiger partial charge on any atom is 0.416 e. The van der Waals surface area contributed by atoms with E-state index in [1.165, 1.54) is 0 Å². The predicted molar refractivity (Wildman–Crippen MR) is 67.3 cm³/mol. The van der Waals surface area contributed by atoms with Crippen molar-refractivity contribution in [3.8, 4) is 5.75 Å². The topological polar surface area (TPSA) is 47.6 Å². The third-order valence-electron chi connectivity index (χ3n) is 2.22. The number of hydrogen-bond acceptors (Lipinski definition) is 3. The fraction of sp³-hybridized carbons (Fsp3) is 0.308. The van der Waals surface area contributed by atoms with E-state index in [1.54, 1.807) is 13.2 Å². The molecule has 0 aliphatic heterocycles. The molecule has 0 saturated carbocycles. The molecule has 0 fully saturated rings. The summed E-state index contributed by atoms with van der Waals surface area (Å²) in [5.41, 5.74) is 1.61. The quantitative estimate of drug-likeness (QED) is 0.813. The summed E-state index contributed by atoms with van der Waals surface area (Å²) in [6.07, 6.45) is 0.0407. The summed E-state index contributed by atoms with van der Waals surface area (Å²) in [5.74, 6) is 1.02. The minimum Gasteiger partial charge on any atom is -0.495 e. The standard InChI is InChI=1S/C13H17NO3/c1-5-10(3)17-13(15)14-11-8-9(2)6-7-12(11)16-4/h6-8H,3,5H2,1-2,4H3,(H,14,15). The average Bonchev–Trinajstić information content (AvgIpc) is 2.29. The SMILES string of the molecule is C=C(CC)OC(=O)Nc1cc(C)ccc1OC. The molecule has 17 heavy (non-hydrogen) atoms. The van der Waals surface area contributed by atoms with Gasteiger partial charge in [0, 0.05) is 6.42 Å². The van der Waals surface area contributed by atoms with Gasteiger partial charge in [0.2, 0.25) is 0 Å². The monoisotopic (exact) mass is 235 g/mol. The van der Waals surface area contributed by atoms with Crippen molar-refractivity contribution in [3.05, 3.63) is 36.1 Å². The summed E-state index contributed by atoms with van der Waals surface area (Å²) in [6.45, 7) is 7.40. The Kier molecular flexibility index (Phi) is 4.57. The molecular weight excluding hydrogens is 218 g/mol. The fourth-order valence-corrected chi connectivity index (χ4v) is 1.26. The maximum absolute atomic E-state index is 11.5. The lowest BCUT2D eigenvalue weighted by Crippen LogP contribution is -2.13. The van der Waals surface area contributed by atoms with E-state index in [1.807, 2.05) is 26.0 Å². The molecule has 0 bridgehead atoms. The van der Waals surface area contributed by atoms with Crippen LogP contribution in [0.25, 0.3) is 0 Å². The van der Waals surface area contributed by atoms with Crippen molar-refractivity contribution in [1.82, 2.24) is 0 Å². The largest absolute Gasteiger partial charge is 0.495 e. The number of methoxy groups -OCH3 is 1. The van der Waals surface area contributed by atoms with E-state index in [9.17, 15) is 4.79 Å². The highest BCUT2D eigenvalue weighted by Gasteiger charge is 2.09. The lowest BCUT2D eigenvalue weighted by Gasteiger charge is -2.11. The van der Waals surface area contributed by atoms with Crippen LogP contribution in [0.3, 0.4) is 0 Å². The number of rotatable bonds is 4. The van der Waals surface area contributed by atoms with E-state index in [0.29, 0.717) is 23.6 Å². The van der Waals surface area contributed by atoms with Crippen molar-refractivity contribution in [2.75, 3.05) is 12.4 Å². The molecule has 0 atom stereocenters. The summed E-state index contributed by atoms with van der Waals surface area (Å²) in [6, 6.07) is 5.51. The Morgan fingerprint density at radius 2 is 2.18 bits per heavy atom. The van der Waals surface area contributed by atoms with Crippen LogP contribution in [0.4, 0.5) is 10.5 Å². The van der Waals surface area contributed by atoms with Crippen LogP contribution in [0.15, 0.2) is 30.5 Å². The van der Waals surface area contributed by atoms with Crippen LogP contribution in [0.5, 0.6) is 5.75 Å². The second-order valence-corrected chi connectivity index (χ2v) is 3.61. The predicted octanol–water partition coefficient (Wildman–Crippen LogP) is 3.48. The van der Waals surface area contributed by atoms with Crippen molar-refractivity contribution in [3.63, 3.8) is 0 Å². The van der Waals surface area contributed by atoms with Crippen molar-refractivity contribution in [1.29, 1.82) is 0 Å². The highest BCUT2D eigenvalue weighted by molar-refractivity contribution is 5.87. The number of allylic oxidation sites excluding steroid dienone is 1. The zero-order chi connectivity index (χ0) is 12.8. The van der Waals surface area contributed by atoms with Crippen LogP contribution >= 0.6 is 0 Å². The van der Waals surface area contributed by atoms with E-state index in [0.717, 1.165) is 5.56 Å². The molecule has 0 aliphatic carbocycles. The van der Waals surface area contributed by atoms with E-state index in [4.69, 9.17) is 9.47 Å². The summed E-state index contributed by atoms with van der Waals surface area (Å²) in [4.78, 5) is 11.5. The fourth-order valence-electron chi connectivity index (χ4n) is 1.26. The number of anilines is 1. The number of nitrogens with one attached hydrogen (secondary N) is 1. The molecule has 1 amide bonds. The zero-order valence-corrected chi connectivity index (χ0v) is 10.4. The number of hydrogen-bond donors (Lipinski definition) is 1.